The molecule has 1 N–H and O–H groups in total. The lowest BCUT2D eigenvalue weighted by atomic mass is 10.1. The van der Waals surface area contributed by atoms with Crippen molar-refractivity contribution in [2.45, 2.75) is 38.5 Å². The van der Waals surface area contributed by atoms with Crippen LogP contribution >= 0.6 is 0 Å². The summed E-state index contributed by atoms with van der Waals surface area (Å²) in [6.07, 6.45) is 10.4. The number of carbonyl (C=O) groups is 2. The molecular formula is C13H18O3. The van der Waals surface area contributed by atoms with Crippen LogP contribution in [0.3, 0.4) is 0 Å². The number of hydrogen-bond acceptors (Lipinski definition) is 3. The monoisotopic (exact) mass is 222 g/mol. The van der Waals surface area contributed by atoms with Gasteiger partial charge in [-0.3, -0.25) is 9.59 Å². The van der Waals surface area contributed by atoms with Gasteiger partial charge in [0.2, 0.25) is 0 Å². The average Bonchev–Trinajstić information content (AvgIpc) is 2.69. The normalized spacial score (nSPS) is 15.8. The maximum Gasteiger partial charge on any atom is 0.162 e. The highest BCUT2D eigenvalue weighted by Crippen LogP contribution is 2.15. The third-order valence-corrected chi connectivity index (χ3v) is 2.61. The molecule has 0 spiro atoms. The zero-order valence-electron chi connectivity index (χ0n) is 9.45. The molecule has 0 saturated heterocycles. The maximum atomic E-state index is 11.2. The number of unbranched alkanes of at least 4 members (excludes halogenated alkanes) is 2. The number of aliphatic hydroxyl groups excluding tert-OH is 1. The maximum absolute atomic E-state index is 11.2. The van der Waals surface area contributed by atoms with Crippen LogP contribution in [0.4, 0.5) is 0 Å². The van der Waals surface area contributed by atoms with Gasteiger partial charge in [-0.15, -0.1) is 0 Å². The molecule has 3 heteroatoms. The molecule has 0 heterocycles. The molecular weight excluding hydrogens is 204 g/mol. The molecule has 0 aromatic heterocycles. The Morgan fingerprint density at radius 2 is 2.25 bits per heavy atom. The minimum Gasteiger partial charge on any atom is -0.389 e. The predicted molar refractivity (Wildman–Crippen MR) is 62.0 cm³/mol. The summed E-state index contributed by atoms with van der Waals surface area (Å²) in [7, 11) is 0. The Morgan fingerprint density at radius 1 is 1.44 bits per heavy atom. The first-order valence-corrected chi connectivity index (χ1v) is 5.76. The van der Waals surface area contributed by atoms with E-state index in [0.29, 0.717) is 12.8 Å². The zero-order chi connectivity index (χ0) is 11.8. The van der Waals surface area contributed by atoms with Crippen molar-refractivity contribution < 1.29 is 14.7 Å². The predicted octanol–water partition coefficient (Wildman–Crippen LogP) is 1.95. The number of allylic oxidation sites excluding steroid dienone is 4. The molecule has 88 valence electrons. The highest BCUT2D eigenvalue weighted by Gasteiger charge is 2.10. The summed E-state index contributed by atoms with van der Waals surface area (Å²) in [6, 6.07) is 0. The van der Waals surface area contributed by atoms with Gasteiger partial charge in [0.1, 0.15) is 6.61 Å². The van der Waals surface area contributed by atoms with Crippen molar-refractivity contribution in [3.05, 3.63) is 23.8 Å². The third-order valence-electron chi connectivity index (χ3n) is 2.61. The minimum absolute atomic E-state index is 0.0994. The summed E-state index contributed by atoms with van der Waals surface area (Å²) in [6.45, 7) is -0.350. The van der Waals surface area contributed by atoms with Gasteiger partial charge in [0.15, 0.2) is 11.6 Å². The molecule has 0 fully saturated rings. The Balaban J connectivity index is 2.09. The van der Waals surface area contributed by atoms with Crippen molar-refractivity contribution in [1.29, 1.82) is 0 Å². The SMILES string of the molecule is O=C(CO)CCCC/C=C\C1=CCCC1=O. The smallest absolute Gasteiger partial charge is 0.162 e. The Labute approximate surface area is 95.9 Å². The first kappa shape index (κ1) is 12.8. The highest BCUT2D eigenvalue weighted by atomic mass is 16.3. The van der Waals surface area contributed by atoms with E-state index in [2.05, 4.69) is 0 Å². The summed E-state index contributed by atoms with van der Waals surface area (Å²) in [5.41, 5.74) is 0.825. The molecule has 0 unspecified atom stereocenters. The minimum atomic E-state index is -0.350. The van der Waals surface area contributed by atoms with Gasteiger partial charge in [0.25, 0.3) is 0 Å². The van der Waals surface area contributed by atoms with Crippen molar-refractivity contribution in [2.75, 3.05) is 6.61 Å². The van der Waals surface area contributed by atoms with Crippen LogP contribution in [0.5, 0.6) is 0 Å². The van der Waals surface area contributed by atoms with Crippen molar-refractivity contribution >= 4 is 11.6 Å². The third kappa shape index (κ3) is 4.53. The van der Waals surface area contributed by atoms with Crippen LogP contribution in [0.25, 0.3) is 0 Å². The van der Waals surface area contributed by atoms with Gasteiger partial charge in [0, 0.05) is 18.4 Å². The second kappa shape index (κ2) is 7.12. The molecule has 0 atom stereocenters. The van der Waals surface area contributed by atoms with Crippen LogP contribution in [0.2, 0.25) is 0 Å². The number of Topliss-reactive ketones (excluding diaryl/α,β-unsaturated/α-hetero) is 2. The van der Waals surface area contributed by atoms with E-state index in [1.807, 2.05) is 18.2 Å². The van der Waals surface area contributed by atoms with Gasteiger partial charge >= 0.3 is 0 Å². The molecule has 0 bridgehead atoms. The fourth-order valence-electron chi connectivity index (χ4n) is 1.65. The van der Waals surface area contributed by atoms with E-state index in [1.165, 1.54) is 0 Å². The summed E-state index contributed by atoms with van der Waals surface area (Å²) >= 11 is 0. The van der Waals surface area contributed by atoms with Gasteiger partial charge in [-0.25, -0.2) is 0 Å². The summed E-state index contributed by atoms with van der Waals surface area (Å²) < 4.78 is 0. The van der Waals surface area contributed by atoms with E-state index >= 15 is 0 Å². The summed E-state index contributed by atoms with van der Waals surface area (Å²) in [5.74, 6) is 0.129. The standard InChI is InChI=1S/C13H18O3/c14-10-12(15)8-4-2-1-3-6-11-7-5-9-13(11)16/h3,6-7,14H,1-2,4-5,8-10H2/b6-3-. The van der Waals surface area contributed by atoms with E-state index in [-0.39, 0.29) is 18.2 Å². The number of aliphatic hydroxyl groups is 1. The van der Waals surface area contributed by atoms with Gasteiger partial charge in [-0.2, -0.15) is 0 Å². The van der Waals surface area contributed by atoms with Gasteiger partial charge in [-0.1, -0.05) is 18.2 Å². The van der Waals surface area contributed by atoms with Crippen LogP contribution in [-0.4, -0.2) is 23.3 Å². The lowest BCUT2D eigenvalue weighted by Gasteiger charge is -1.96. The topological polar surface area (TPSA) is 54.4 Å². The van der Waals surface area contributed by atoms with Gasteiger partial charge < -0.3 is 5.11 Å². The fraction of sp³-hybridized carbons (Fsp3) is 0.538. The van der Waals surface area contributed by atoms with Crippen LogP contribution in [0.1, 0.15) is 38.5 Å². The molecule has 0 aromatic rings. The first-order chi connectivity index (χ1) is 7.74. The van der Waals surface area contributed by atoms with Crippen LogP contribution in [0, 0.1) is 0 Å². The van der Waals surface area contributed by atoms with E-state index in [1.54, 1.807) is 0 Å². The van der Waals surface area contributed by atoms with Gasteiger partial charge in [0.05, 0.1) is 0 Å². The quantitative estimate of drug-likeness (QED) is 0.670. The van der Waals surface area contributed by atoms with Gasteiger partial charge in [-0.05, 0) is 25.7 Å². The van der Waals surface area contributed by atoms with E-state index in [9.17, 15) is 9.59 Å². The molecule has 0 aromatic carbocycles. The molecule has 1 aliphatic carbocycles. The second-order valence-corrected chi connectivity index (χ2v) is 3.97. The van der Waals surface area contributed by atoms with E-state index in [0.717, 1.165) is 31.3 Å². The van der Waals surface area contributed by atoms with E-state index in [4.69, 9.17) is 5.11 Å². The molecule has 0 aliphatic heterocycles. The first-order valence-electron chi connectivity index (χ1n) is 5.76. The summed E-state index contributed by atoms with van der Waals surface area (Å²) in [4.78, 5) is 22.0. The molecule has 16 heavy (non-hydrogen) atoms. The zero-order valence-corrected chi connectivity index (χ0v) is 9.45. The number of rotatable bonds is 7. The Kier molecular flexibility index (Phi) is 5.72. The number of ketones is 2. The Morgan fingerprint density at radius 3 is 2.88 bits per heavy atom. The molecule has 1 rings (SSSR count). The molecule has 1 aliphatic rings. The van der Waals surface area contributed by atoms with Crippen molar-refractivity contribution in [1.82, 2.24) is 0 Å². The number of carbonyl (C=O) groups excluding carboxylic acids is 2. The molecule has 0 saturated carbocycles. The van der Waals surface area contributed by atoms with Crippen molar-refractivity contribution in [3.63, 3.8) is 0 Å². The van der Waals surface area contributed by atoms with Crippen molar-refractivity contribution in [3.8, 4) is 0 Å². The van der Waals surface area contributed by atoms with E-state index < -0.39 is 0 Å². The fourth-order valence-corrected chi connectivity index (χ4v) is 1.65. The number of hydrogen-bond donors (Lipinski definition) is 1. The largest absolute Gasteiger partial charge is 0.389 e. The lowest BCUT2D eigenvalue weighted by Crippen LogP contribution is -2.02. The van der Waals surface area contributed by atoms with Crippen molar-refractivity contribution in [2.24, 2.45) is 0 Å². The molecule has 0 radical (unpaired) electrons. The molecule has 3 nitrogen and oxygen atoms in total. The molecule has 0 amide bonds. The second-order valence-electron chi connectivity index (χ2n) is 3.97. The van der Waals surface area contributed by atoms with Crippen LogP contribution < -0.4 is 0 Å². The Hall–Kier alpha value is -1.22. The van der Waals surface area contributed by atoms with Crippen LogP contribution in [0.15, 0.2) is 23.8 Å². The average molecular weight is 222 g/mol. The lowest BCUT2D eigenvalue weighted by molar-refractivity contribution is -0.121. The summed E-state index contributed by atoms with van der Waals surface area (Å²) in [5, 5.41) is 8.50. The highest BCUT2D eigenvalue weighted by molar-refractivity contribution is 6.00. The Bertz CT molecular complexity index is 313. The van der Waals surface area contributed by atoms with Crippen LogP contribution in [-0.2, 0) is 9.59 Å².